The van der Waals surface area contributed by atoms with Crippen LogP contribution in [0, 0.1) is 18.7 Å². The van der Waals surface area contributed by atoms with Gasteiger partial charge in [-0.3, -0.25) is 9.59 Å². The Morgan fingerprint density at radius 1 is 1.18 bits per heavy atom. The summed E-state index contributed by atoms with van der Waals surface area (Å²) in [6.07, 6.45) is 7.65. The van der Waals surface area contributed by atoms with Crippen molar-refractivity contribution >= 4 is 39.9 Å². The standard InChI is InChI=1S/C29H33FN6O2/c1-16(2)28(37)34-20-13-17(3)22(21(30)14-20)25-23(24-26(31)32-15-33-27(24)35(25)4)18-7-9-19(10-8-18)29(38)36-11-5-6-12-36/h7,13-15,19H,1,5-6,8-12H2,2-4H3,(H,34,37)(H2,31,32,33)/t19-/m0/s1. The molecular weight excluding hydrogens is 483 g/mol. The first-order valence-corrected chi connectivity index (χ1v) is 13.0. The van der Waals surface area contributed by atoms with Gasteiger partial charge in [0, 0.05) is 48.4 Å². The van der Waals surface area contributed by atoms with Crippen LogP contribution in [0.5, 0.6) is 0 Å². The van der Waals surface area contributed by atoms with Gasteiger partial charge in [0.1, 0.15) is 23.6 Å². The SMILES string of the molecule is C=C(C)C(=O)Nc1cc(C)c(-c2c(C3=CC[C@H](C(=O)N4CCCC4)CC3)c3c(N)ncnc3n2C)c(F)c1. The maximum absolute atomic E-state index is 15.8. The van der Waals surface area contributed by atoms with Crippen molar-refractivity contribution in [2.24, 2.45) is 13.0 Å². The third-order valence-corrected chi connectivity index (χ3v) is 7.67. The van der Waals surface area contributed by atoms with E-state index in [-0.39, 0.29) is 17.7 Å². The summed E-state index contributed by atoms with van der Waals surface area (Å²) in [7, 11) is 1.84. The van der Waals surface area contributed by atoms with Crippen molar-refractivity contribution < 1.29 is 14.0 Å². The zero-order chi connectivity index (χ0) is 27.1. The summed E-state index contributed by atoms with van der Waals surface area (Å²) in [5.74, 6) is -0.326. The summed E-state index contributed by atoms with van der Waals surface area (Å²) in [6, 6.07) is 3.06. The van der Waals surface area contributed by atoms with Crippen LogP contribution in [-0.4, -0.2) is 44.3 Å². The predicted molar refractivity (Wildman–Crippen MR) is 148 cm³/mol. The van der Waals surface area contributed by atoms with Crippen molar-refractivity contribution in [3.63, 3.8) is 0 Å². The number of aromatic nitrogens is 3. The number of anilines is 2. The molecule has 9 heteroatoms. The molecule has 3 N–H and O–H groups in total. The zero-order valence-electron chi connectivity index (χ0n) is 22.1. The molecule has 5 rings (SSSR count). The monoisotopic (exact) mass is 516 g/mol. The highest BCUT2D eigenvalue weighted by molar-refractivity contribution is 6.05. The molecule has 2 amide bonds. The molecule has 8 nitrogen and oxygen atoms in total. The van der Waals surface area contributed by atoms with E-state index in [0.717, 1.165) is 43.5 Å². The van der Waals surface area contributed by atoms with Gasteiger partial charge in [0.25, 0.3) is 5.91 Å². The molecule has 0 bridgehead atoms. The van der Waals surface area contributed by atoms with Crippen LogP contribution in [0.2, 0.25) is 0 Å². The molecule has 38 heavy (non-hydrogen) atoms. The molecule has 198 valence electrons. The van der Waals surface area contributed by atoms with Crippen LogP contribution in [0.4, 0.5) is 15.9 Å². The van der Waals surface area contributed by atoms with E-state index in [1.807, 2.05) is 23.4 Å². The second-order valence-electron chi connectivity index (χ2n) is 10.4. The summed E-state index contributed by atoms with van der Waals surface area (Å²) in [5, 5.41) is 3.37. The number of nitrogens with two attached hydrogens (primary N) is 1. The smallest absolute Gasteiger partial charge is 0.250 e. The average molecular weight is 517 g/mol. The Morgan fingerprint density at radius 2 is 1.92 bits per heavy atom. The normalized spacial score (nSPS) is 17.5. The van der Waals surface area contributed by atoms with E-state index in [2.05, 4.69) is 27.9 Å². The molecule has 3 heterocycles. The zero-order valence-corrected chi connectivity index (χ0v) is 22.1. The number of hydrogen-bond donors (Lipinski definition) is 2. The Kier molecular flexibility index (Phi) is 6.77. The largest absolute Gasteiger partial charge is 0.383 e. The highest BCUT2D eigenvalue weighted by Gasteiger charge is 2.31. The maximum Gasteiger partial charge on any atom is 0.250 e. The number of carbonyl (C=O) groups excluding carboxylic acids is 2. The van der Waals surface area contributed by atoms with Gasteiger partial charge in [-0.2, -0.15) is 0 Å². The molecular formula is C29H33FN6O2. The van der Waals surface area contributed by atoms with Crippen molar-refractivity contribution in [1.82, 2.24) is 19.4 Å². The summed E-state index contributed by atoms with van der Waals surface area (Å²) >= 11 is 0. The van der Waals surface area contributed by atoms with Crippen molar-refractivity contribution in [2.45, 2.75) is 46.0 Å². The van der Waals surface area contributed by atoms with Gasteiger partial charge >= 0.3 is 0 Å². The van der Waals surface area contributed by atoms with Gasteiger partial charge in [0.05, 0.1) is 11.1 Å². The quantitative estimate of drug-likeness (QED) is 0.465. The lowest BCUT2D eigenvalue weighted by atomic mass is 9.84. The van der Waals surface area contributed by atoms with Crippen molar-refractivity contribution in [3.8, 4) is 11.3 Å². The van der Waals surface area contributed by atoms with Crippen LogP contribution in [0.1, 0.15) is 50.2 Å². The van der Waals surface area contributed by atoms with E-state index in [0.29, 0.717) is 57.8 Å². The minimum atomic E-state index is -0.473. The Hall–Kier alpha value is -4.01. The lowest BCUT2D eigenvalue weighted by Crippen LogP contribution is -2.34. The fourth-order valence-corrected chi connectivity index (χ4v) is 5.72. The van der Waals surface area contributed by atoms with Gasteiger partial charge < -0.3 is 20.5 Å². The van der Waals surface area contributed by atoms with E-state index >= 15 is 4.39 Å². The van der Waals surface area contributed by atoms with Gasteiger partial charge in [-0.1, -0.05) is 12.7 Å². The lowest BCUT2D eigenvalue weighted by molar-refractivity contribution is -0.134. The molecule has 0 saturated carbocycles. The summed E-state index contributed by atoms with van der Waals surface area (Å²) in [6.45, 7) is 8.74. The predicted octanol–water partition coefficient (Wildman–Crippen LogP) is 4.99. The van der Waals surface area contributed by atoms with Crippen LogP contribution in [-0.2, 0) is 16.6 Å². The highest BCUT2D eigenvalue weighted by atomic mass is 19.1. The van der Waals surface area contributed by atoms with Gasteiger partial charge in [-0.25, -0.2) is 14.4 Å². The van der Waals surface area contributed by atoms with Crippen LogP contribution in [0.3, 0.4) is 0 Å². The van der Waals surface area contributed by atoms with Gasteiger partial charge in [0.2, 0.25) is 5.91 Å². The fourth-order valence-electron chi connectivity index (χ4n) is 5.72. The van der Waals surface area contributed by atoms with Crippen LogP contribution in [0.25, 0.3) is 27.9 Å². The third kappa shape index (κ3) is 4.46. The first kappa shape index (κ1) is 25.6. The molecule has 1 aliphatic carbocycles. The minimum absolute atomic E-state index is 0.0430. The first-order valence-electron chi connectivity index (χ1n) is 13.0. The number of nitrogen functional groups attached to an aromatic ring is 1. The third-order valence-electron chi connectivity index (χ3n) is 7.67. The summed E-state index contributed by atoms with van der Waals surface area (Å²) in [5.41, 5.74) is 11.2. The Morgan fingerprint density at radius 3 is 2.55 bits per heavy atom. The Labute approximate surface area is 221 Å². The number of nitrogens with zero attached hydrogens (tertiary/aromatic N) is 4. The molecule has 0 radical (unpaired) electrons. The number of nitrogens with one attached hydrogen (secondary N) is 1. The van der Waals surface area contributed by atoms with Crippen molar-refractivity contribution in [3.05, 3.63) is 53.6 Å². The molecule has 0 spiro atoms. The second kappa shape index (κ2) is 10.0. The Balaban J connectivity index is 1.60. The van der Waals surface area contributed by atoms with E-state index in [1.54, 1.807) is 13.0 Å². The number of amides is 2. The van der Waals surface area contributed by atoms with E-state index in [9.17, 15) is 9.59 Å². The Bertz CT molecular complexity index is 1480. The number of allylic oxidation sites excluding steroid dienone is 2. The second-order valence-corrected chi connectivity index (χ2v) is 10.4. The van der Waals surface area contributed by atoms with Crippen LogP contribution >= 0.6 is 0 Å². The molecule has 0 unspecified atom stereocenters. The van der Waals surface area contributed by atoms with Crippen LogP contribution < -0.4 is 11.1 Å². The number of aryl methyl sites for hydroxylation is 2. The van der Waals surface area contributed by atoms with Crippen molar-refractivity contribution in [1.29, 1.82) is 0 Å². The van der Waals surface area contributed by atoms with Crippen molar-refractivity contribution in [2.75, 3.05) is 24.1 Å². The number of fused-ring (bicyclic) bond motifs is 1. The fraction of sp³-hybridized carbons (Fsp3) is 0.379. The van der Waals surface area contributed by atoms with Crippen LogP contribution in [0.15, 0.2) is 36.7 Å². The molecule has 1 aromatic carbocycles. The van der Waals surface area contributed by atoms with Gasteiger partial charge in [-0.05, 0) is 69.2 Å². The summed E-state index contributed by atoms with van der Waals surface area (Å²) < 4.78 is 17.7. The average Bonchev–Trinajstić information content (AvgIpc) is 3.52. The molecule has 1 fully saturated rings. The van der Waals surface area contributed by atoms with Gasteiger partial charge in [-0.15, -0.1) is 0 Å². The lowest BCUT2D eigenvalue weighted by Gasteiger charge is -2.26. The van der Waals surface area contributed by atoms with E-state index in [1.165, 1.54) is 12.4 Å². The molecule has 3 aromatic rings. The molecule has 2 aromatic heterocycles. The number of rotatable bonds is 5. The number of hydrogen-bond acceptors (Lipinski definition) is 5. The van der Waals surface area contributed by atoms with E-state index in [4.69, 9.17) is 5.73 Å². The minimum Gasteiger partial charge on any atom is -0.383 e. The van der Waals surface area contributed by atoms with E-state index < -0.39 is 5.82 Å². The first-order chi connectivity index (χ1) is 18.2. The van der Waals surface area contributed by atoms with Gasteiger partial charge in [0.15, 0.2) is 0 Å². The highest BCUT2D eigenvalue weighted by Crippen LogP contribution is 2.44. The number of likely N-dealkylation sites (tertiary alicyclic amines) is 1. The number of carbonyl (C=O) groups is 2. The number of halogens is 1. The molecule has 1 atom stereocenters. The maximum atomic E-state index is 15.8. The molecule has 2 aliphatic rings. The summed E-state index contributed by atoms with van der Waals surface area (Å²) in [4.78, 5) is 35.8. The molecule has 1 saturated heterocycles. The number of benzene rings is 1. The molecule has 1 aliphatic heterocycles. The topological polar surface area (TPSA) is 106 Å².